The summed E-state index contributed by atoms with van der Waals surface area (Å²) in [6, 6.07) is 29.4. The van der Waals surface area contributed by atoms with Crippen LogP contribution in [0.5, 0.6) is 17.2 Å². The van der Waals surface area contributed by atoms with Gasteiger partial charge in [0.15, 0.2) is 0 Å². The van der Waals surface area contributed by atoms with E-state index in [9.17, 15) is 24.6 Å². The number of ether oxygens (including phenoxy) is 3. The first-order valence-electron chi connectivity index (χ1n) is 14.9. The Balaban J connectivity index is 1.10. The van der Waals surface area contributed by atoms with Gasteiger partial charge in [0.2, 0.25) is 0 Å². The minimum Gasteiger partial charge on any atom is -0.490 e. The molecule has 1 amide bonds. The van der Waals surface area contributed by atoms with Gasteiger partial charge in [0.25, 0.3) is 5.91 Å². The highest BCUT2D eigenvalue weighted by atomic mass is 16.5. The van der Waals surface area contributed by atoms with E-state index in [1.54, 1.807) is 12.1 Å². The van der Waals surface area contributed by atoms with Gasteiger partial charge in [-0.05, 0) is 78.4 Å². The first-order chi connectivity index (χ1) is 21.9. The highest BCUT2D eigenvalue weighted by molar-refractivity contribution is 6.00. The van der Waals surface area contributed by atoms with Crippen molar-refractivity contribution in [3.63, 3.8) is 0 Å². The summed E-state index contributed by atoms with van der Waals surface area (Å²) in [5.74, 6) is -1.54. The molecule has 0 bridgehead atoms. The van der Waals surface area contributed by atoms with Gasteiger partial charge in [-0.3, -0.25) is 9.59 Å². The van der Waals surface area contributed by atoms with Crippen molar-refractivity contribution in [2.45, 2.75) is 38.3 Å². The van der Waals surface area contributed by atoms with Crippen LogP contribution in [0.1, 0.15) is 52.0 Å². The summed E-state index contributed by atoms with van der Waals surface area (Å²) in [5, 5.41) is 21.6. The molecule has 9 heteroatoms. The Hall–Kier alpha value is -5.31. The molecule has 0 radical (unpaired) electrons. The maximum atomic E-state index is 13.1. The van der Waals surface area contributed by atoms with Crippen LogP contribution >= 0.6 is 0 Å². The number of carboxylic acid groups (broad SMARTS) is 2. The molecular formula is C36H35NO8. The Labute approximate surface area is 261 Å². The fourth-order valence-electron chi connectivity index (χ4n) is 5.31. The number of nitrogens with one attached hydrogen (secondary N) is 1. The van der Waals surface area contributed by atoms with Crippen LogP contribution in [-0.2, 0) is 11.4 Å². The molecule has 0 saturated heterocycles. The summed E-state index contributed by atoms with van der Waals surface area (Å²) in [6.07, 6.45) is 2.25. The van der Waals surface area contributed by atoms with E-state index < -0.39 is 23.8 Å². The zero-order valence-electron chi connectivity index (χ0n) is 24.7. The molecule has 4 aromatic rings. The number of aliphatic carboxylic acids is 1. The zero-order valence-corrected chi connectivity index (χ0v) is 24.7. The predicted octanol–water partition coefficient (Wildman–Crippen LogP) is 6.46. The molecule has 0 spiro atoms. The van der Waals surface area contributed by atoms with Crippen molar-refractivity contribution in [3.05, 3.63) is 114 Å². The Kier molecular flexibility index (Phi) is 10.3. The molecule has 232 valence electrons. The van der Waals surface area contributed by atoms with Crippen molar-refractivity contribution in [3.8, 4) is 28.4 Å². The second kappa shape index (κ2) is 14.9. The average molecular weight is 610 g/mol. The quantitative estimate of drug-likeness (QED) is 0.147. The van der Waals surface area contributed by atoms with Crippen LogP contribution in [-0.4, -0.2) is 47.3 Å². The number of carboxylic acids is 2. The Morgan fingerprint density at radius 3 is 2.09 bits per heavy atom. The van der Waals surface area contributed by atoms with Crippen LogP contribution in [0.2, 0.25) is 0 Å². The summed E-state index contributed by atoms with van der Waals surface area (Å²) < 4.78 is 17.5. The third kappa shape index (κ3) is 8.63. The SMILES string of the molecule is O=C(O)c1ccc(OCCOc2ccc(OCc3ccc(-c4ccccc4)cc3)cc2)c(C(=O)NC2CCCC(C(=O)O)C2)c1. The van der Waals surface area contributed by atoms with E-state index in [-0.39, 0.29) is 36.1 Å². The van der Waals surface area contributed by atoms with Crippen LogP contribution < -0.4 is 19.5 Å². The maximum absolute atomic E-state index is 13.1. The van der Waals surface area contributed by atoms with E-state index in [0.717, 1.165) is 11.1 Å². The molecule has 0 aliphatic heterocycles. The molecule has 2 unspecified atom stereocenters. The normalized spacial score (nSPS) is 15.9. The topological polar surface area (TPSA) is 131 Å². The zero-order chi connectivity index (χ0) is 31.6. The van der Waals surface area contributed by atoms with Gasteiger partial charge in [-0.2, -0.15) is 0 Å². The third-order valence-electron chi connectivity index (χ3n) is 7.73. The van der Waals surface area contributed by atoms with Gasteiger partial charge < -0.3 is 29.7 Å². The van der Waals surface area contributed by atoms with E-state index >= 15 is 0 Å². The highest BCUT2D eigenvalue weighted by Crippen LogP contribution is 2.27. The second-order valence-corrected chi connectivity index (χ2v) is 10.9. The van der Waals surface area contributed by atoms with E-state index in [1.807, 2.05) is 30.3 Å². The molecule has 4 aromatic carbocycles. The van der Waals surface area contributed by atoms with Crippen LogP contribution in [0.3, 0.4) is 0 Å². The lowest BCUT2D eigenvalue weighted by atomic mass is 9.85. The summed E-state index contributed by atoms with van der Waals surface area (Å²) >= 11 is 0. The fraction of sp³-hybridized carbons (Fsp3) is 0.250. The first kappa shape index (κ1) is 31.1. The van der Waals surface area contributed by atoms with Crippen LogP contribution in [0.15, 0.2) is 97.1 Å². The van der Waals surface area contributed by atoms with Crippen LogP contribution in [0.4, 0.5) is 0 Å². The third-order valence-corrected chi connectivity index (χ3v) is 7.73. The number of carbonyl (C=O) groups excluding carboxylic acids is 1. The second-order valence-electron chi connectivity index (χ2n) is 10.9. The molecule has 0 aromatic heterocycles. The van der Waals surface area contributed by atoms with Gasteiger partial charge in [-0.1, -0.05) is 61.0 Å². The largest absolute Gasteiger partial charge is 0.490 e. The Bertz CT molecular complexity index is 1600. The van der Waals surface area contributed by atoms with Crippen LogP contribution in [0, 0.1) is 5.92 Å². The molecule has 1 aliphatic rings. The average Bonchev–Trinajstić information content (AvgIpc) is 3.07. The van der Waals surface area contributed by atoms with Crippen molar-refractivity contribution in [2.75, 3.05) is 13.2 Å². The van der Waals surface area contributed by atoms with Gasteiger partial charge in [-0.25, -0.2) is 4.79 Å². The maximum Gasteiger partial charge on any atom is 0.335 e. The molecule has 2 atom stereocenters. The number of carbonyl (C=O) groups is 3. The number of hydrogen-bond donors (Lipinski definition) is 3. The Morgan fingerprint density at radius 2 is 1.40 bits per heavy atom. The molecule has 3 N–H and O–H groups in total. The molecule has 9 nitrogen and oxygen atoms in total. The van der Waals surface area contributed by atoms with Crippen molar-refractivity contribution in [1.82, 2.24) is 5.32 Å². The first-order valence-corrected chi connectivity index (χ1v) is 14.9. The van der Waals surface area contributed by atoms with E-state index in [1.165, 1.54) is 23.8 Å². The smallest absolute Gasteiger partial charge is 0.335 e. The van der Waals surface area contributed by atoms with Gasteiger partial charge >= 0.3 is 11.9 Å². The number of hydrogen-bond acceptors (Lipinski definition) is 6. The lowest BCUT2D eigenvalue weighted by Gasteiger charge is -2.27. The highest BCUT2D eigenvalue weighted by Gasteiger charge is 2.29. The van der Waals surface area contributed by atoms with Gasteiger partial charge in [-0.15, -0.1) is 0 Å². The van der Waals surface area contributed by atoms with Crippen molar-refractivity contribution in [2.24, 2.45) is 5.92 Å². The van der Waals surface area contributed by atoms with Gasteiger partial charge in [0, 0.05) is 6.04 Å². The van der Waals surface area contributed by atoms with Gasteiger partial charge in [0.1, 0.15) is 37.1 Å². The molecule has 0 heterocycles. The van der Waals surface area contributed by atoms with E-state index in [2.05, 4.69) is 41.7 Å². The number of rotatable bonds is 13. The fourth-order valence-corrected chi connectivity index (χ4v) is 5.31. The monoisotopic (exact) mass is 609 g/mol. The van der Waals surface area contributed by atoms with E-state index in [0.29, 0.717) is 43.8 Å². The lowest BCUT2D eigenvalue weighted by molar-refractivity contribution is -0.143. The number of amides is 1. The molecule has 1 saturated carbocycles. The van der Waals surface area contributed by atoms with Crippen molar-refractivity contribution >= 4 is 17.8 Å². The summed E-state index contributed by atoms with van der Waals surface area (Å²) in [4.78, 5) is 36.1. The molecule has 45 heavy (non-hydrogen) atoms. The summed E-state index contributed by atoms with van der Waals surface area (Å²) in [5.41, 5.74) is 3.39. The summed E-state index contributed by atoms with van der Waals surface area (Å²) in [7, 11) is 0. The van der Waals surface area contributed by atoms with Gasteiger partial charge in [0.05, 0.1) is 17.0 Å². The molecular weight excluding hydrogens is 574 g/mol. The standard InChI is InChI=1S/C36H35NO8/c38-34(37-29-8-4-7-27(21-29)35(39)40)32-22-28(36(41)42)13-18-33(32)44-20-19-43-30-14-16-31(17-15-30)45-23-24-9-11-26(12-10-24)25-5-2-1-3-6-25/h1-3,5-6,9-18,22,27,29H,4,7-8,19-21,23H2,(H,37,38)(H,39,40)(H,41,42). The minimum absolute atomic E-state index is 0.0534. The molecule has 5 rings (SSSR count). The lowest BCUT2D eigenvalue weighted by Crippen LogP contribution is -2.40. The molecule has 1 fully saturated rings. The van der Waals surface area contributed by atoms with Crippen molar-refractivity contribution < 1.29 is 38.8 Å². The van der Waals surface area contributed by atoms with E-state index in [4.69, 9.17) is 14.2 Å². The molecule has 1 aliphatic carbocycles. The van der Waals surface area contributed by atoms with Crippen LogP contribution in [0.25, 0.3) is 11.1 Å². The summed E-state index contributed by atoms with van der Waals surface area (Å²) in [6.45, 7) is 0.716. The minimum atomic E-state index is -1.17. The van der Waals surface area contributed by atoms with Crippen molar-refractivity contribution in [1.29, 1.82) is 0 Å². The predicted molar refractivity (Wildman–Crippen MR) is 168 cm³/mol. The number of benzene rings is 4. The number of aromatic carboxylic acids is 1. The Morgan fingerprint density at radius 1 is 0.733 bits per heavy atom.